The Balaban J connectivity index is 1.94. The topological polar surface area (TPSA) is 20.2 Å². The van der Waals surface area contributed by atoms with Gasteiger partial charge in [-0.25, -0.2) is 4.39 Å². The Hall–Kier alpha value is -0.980. The number of rotatable bonds is 4. The Kier molecular flexibility index (Phi) is 5.75. The number of halogens is 1. The highest BCUT2D eigenvalue weighted by atomic mass is 32.2. The number of thioether (sulfide) groups is 1. The second-order valence-corrected chi connectivity index (χ2v) is 5.96. The zero-order valence-corrected chi connectivity index (χ0v) is 11.8. The first kappa shape index (κ1) is 14.4. The van der Waals surface area contributed by atoms with Gasteiger partial charge < -0.3 is 5.11 Å². The van der Waals surface area contributed by atoms with Gasteiger partial charge in [-0.05, 0) is 42.2 Å². The maximum absolute atomic E-state index is 13.2. The summed E-state index contributed by atoms with van der Waals surface area (Å²) in [6.45, 7) is -0.189. The van der Waals surface area contributed by atoms with Gasteiger partial charge in [-0.3, -0.25) is 0 Å². The molecule has 1 nitrogen and oxygen atoms in total. The van der Waals surface area contributed by atoms with E-state index in [0.29, 0.717) is 5.56 Å². The normalized spacial score (nSPS) is 15.3. The van der Waals surface area contributed by atoms with E-state index in [2.05, 4.69) is 11.8 Å². The minimum atomic E-state index is -0.271. The highest BCUT2D eigenvalue weighted by molar-refractivity contribution is 7.98. The van der Waals surface area contributed by atoms with Crippen LogP contribution in [0, 0.1) is 23.6 Å². The summed E-state index contributed by atoms with van der Waals surface area (Å²) < 4.78 is 13.2. The summed E-state index contributed by atoms with van der Waals surface area (Å²) in [7, 11) is 0. The highest BCUT2D eigenvalue weighted by Gasteiger charge is 2.14. The molecule has 0 saturated heterocycles. The average molecular weight is 278 g/mol. The number of aliphatic hydroxyl groups excluding tert-OH is 1. The van der Waals surface area contributed by atoms with Crippen LogP contribution in [-0.4, -0.2) is 17.5 Å². The first-order chi connectivity index (χ1) is 9.29. The lowest BCUT2D eigenvalue weighted by Crippen LogP contribution is -1.98. The van der Waals surface area contributed by atoms with Gasteiger partial charge in [0.2, 0.25) is 0 Å². The molecule has 1 aromatic rings. The fraction of sp³-hybridized carbons (Fsp3) is 0.500. The molecular formula is C16H19FOS. The van der Waals surface area contributed by atoms with Gasteiger partial charge in [-0.1, -0.05) is 30.7 Å². The van der Waals surface area contributed by atoms with E-state index in [4.69, 9.17) is 5.11 Å². The van der Waals surface area contributed by atoms with Crippen LogP contribution < -0.4 is 0 Å². The first-order valence-electron chi connectivity index (χ1n) is 6.75. The standard InChI is InChI=1S/C16H19FOS/c17-16-8-7-15(14(10-16)6-3-9-18)12-19-11-13-4-1-2-5-13/h7-8,10,13,18H,1-2,4-5,9,11-12H2. The fourth-order valence-electron chi connectivity index (χ4n) is 2.44. The minimum absolute atomic E-state index is 0.189. The third-order valence-electron chi connectivity index (χ3n) is 3.46. The monoisotopic (exact) mass is 278 g/mol. The van der Waals surface area contributed by atoms with Crippen molar-refractivity contribution in [2.45, 2.75) is 31.4 Å². The SMILES string of the molecule is OCC#Cc1cc(F)ccc1CSCC1CCCC1. The molecule has 19 heavy (non-hydrogen) atoms. The Morgan fingerprint density at radius 1 is 1.32 bits per heavy atom. The number of hydrogen-bond donors (Lipinski definition) is 1. The summed E-state index contributed by atoms with van der Waals surface area (Å²) in [5.41, 5.74) is 1.76. The maximum Gasteiger partial charge on any atom is 0.124 e. The summed E-state index contributed by atoms with van der Waals surface area (Å²) in [5, 5.41) is 8.73. The van der Waals surface area contributed by atoms with Crippen molar-refractivity contribution in [2.24, 2.45) is 5.92 Å². The number of benzene rings is 1. The molecule has 1 aromatic carbocycles. The molecule has 0 amide bonds. The van der Waals surface area contributed by atoms with E-state index in [1.165, 1.54) is 43.6 Å². The van der Waals surface area contributed by atoms with Crippen molar-refractivity contribution >= 4 is 11.8 Å². The summed E-state index contributed by atoms with van der Waals surface area (Å²) in [4.78, 5) is 0. The van der Waals surface area contributed by atoms with Gasteiger partial charge in [0.05, 0.1) is 0 Å². The van der Waals surface area contributed by atoms with Gasteiger partial charge in [-0.15, -0.1) is 0 Å². The lowest BCUT2D eigenvalue weighted by Gasteiger charge is -2.09. The highest BCUT2D eigenvalue weighted by Crippen LogP contribution is 2.29. The molecule has 0 unspecified atom stereocenters. The van der Waals surface area contributed by atoms with Crippen molar-refractivity contribution in [3.05, 3.63) is 35.1 Å². The van der Waals surface area contributed by atoms with Crippen LogP contribution in [0.15, 0.2) is 18.2 Å². The van der Waals surface area contributed by atoms with E-state index in [-0.39, 0.29) is 12.4 Å². The molecule has 1 saturated carbocycles. The number of hydrogen-bond acceptors (Lipinski definition) is 2. The third kappa shape index (κ3) is 4.56. The predicted molar refractivity (Wildman–Crippen MR) is 78.5 cm³/mol. The van der Waals surface area contributed by atoms with Crippen LogP contribution >= 0.6 is 11.8 Å². The Morgan fingerprint density at radius 2 is 2.11 bits per heavy atom. The summed E-state index contributed by atoms with van der Waals surface area (Å²) in [6.07, 6.45) is 5.45. The average Bonchev–Trinajstić information content (AvgIpc) is 2.91. The summed E-state index contributed by atoms with van der Waals surface area (Å²) in [6, 6.07) is 4.74. The van der Waals surface area contributed by atoms with E-state index in [0.717, 1.165) is 17.2 Å². The molecule has 0 radical (unpaired) electrons. The first-order valence-corrected chi connectivity index (χ1v) is 7.91. The Labute approximate surface area is 118 Å². The van der Waals surface area contributed by atoms with Crippen LogP contribution in [0.5, 0.6) is 0 Å². The van der Waals surface area contributed by atoms with Gasteiger partial charge in [-0.2, -0.15) is 11.8 Å². The van der Waals surface area contributed by atoms with Gasteiger partial charge in [0.15, 0.2) is 0 Å². The van der Waals surface area contributed by atoms with Crippen molar-refractivity contribution in [3.63, 3.8) is 0 Å². The minimum Gasteiger partial charge on any atom is -0.384 e. The van der Waals surface area contributed by atoms with Crippen molar-refractivity contribution in [1.82, 2.24) is 0 Å². The second-order valence-electron chi connectivity index (χ2n) is 4.93. The van der Waals surface area contributed by atoms with Gasteiger partial charge in [0.1, 0.15) is 12.4 Å². The largest absolute Gasteiger partial charge is 0.384 e. The van der Waals surface area contributed by atoms with Crippen LogP contribution in [-0.2, 0) is 5.75 Å². The third-order valence-corrected chi connectivity index (χ3v) is 4.68. The van der Waals surface area contributed by atoms with E-state index >= 15 is 0 Å². The van der Waals surface area contributed by atoms with Crippen LogP contribution in [0.2, 0.25) is 0 Å². The molecule has 102 valence electrons. The van der Waals surface area contributed by atoms with Crippen molar-refractivity contribution in [3.8, 4) is 11.8 Å². The van der Waals surface area contributed by atoms with Crippen LogP contribution in [0.4, 0.5) is 4.39 Å². The zero-order chi connectivity index (χ0) is 13.5. The molecule has 1 aliphatic carbocycles. The van der Waals surface area contributed by atoms with Crippen LogP contribution in [0.1, 0.15) is 36.8 Å². The van der Waals surface area contributed by atoms with E-state index in [1.807, 2.05) is 11.8 Å². The molecule has 1 fully saturated rings. The fourth-order valence-corrected chi connectivity index (χ4v) is 3.69. The molecule has 3 heteroatoms. The van der Waals surface area contributed by atoms with Crippen LogP contribution in [0.25, 0.3) is 0 Å². The second kappa shape index (κ2) is 7.57. The molecule has 1 N–H and O–H groups in total. The molecule has 0 atom stereocenters. The summed E-state index contributed by atoms with van der Waals surface area (Å²) in [5.74, 6) is 8.06. The molecule has 0 aromatic heterocycles. The van der Waals surface area contributed by atoms with Gasteiger partial charge in [0.25, 0.3) is 0 Å². The molecular weight excluding hydrogens is 259 g/mol. The van der Waals surface area contributed by atoms with Crippen molar-refractivity contribution < 1.29 is 9.50 Å². The van der Waals surface area contributed by atoms with Gasteiger partial charge >= 0.3 is 0 Å². The molecule has 2 rings (SSSR count). The van der Waals surface area contributed by atoms with E-state index < -0.39 is 0 Å². The van der Waals surface area contributed by atoms with Gasteiger partial charge in [0, 0.05) is 11.3 Å². The molecule has 0 bridgehead atoms. The smallest absolute Gasteiger partial charge is 0.124 e. The number of aliphatic hydroxyl groups is 1. The molecule has 0 aliphatic heterocycles. The molecule has 0 spiro atoms. The molecule has 1 aliphatic rings. The Bertz CT molecular complexity index is 469. The lowest BCUT2D eigenvalue weighted by atomic mass is 10.1. The quantitative estimate of drug-likeness (QED) is 0.849. The van der Waals surface area contributed by atoms with Crippen molar-refractivity contribution in [1.29, 1.82) is 0 Å². The maximum atomic E-state index is 13.2. The van der Waals surface area contributed by atoms with Crippen LogP contribution in [0.3, 0.4) is 0 Å². The summed E-state index contributed by atoms with van der Waals surface area (Å²) >= 11 is 1.90. The van der Waals surface area contributed by atoms with E-state index in [1.54, 1.807) is 6.07 Å². The molecule has 0 heterocycles. The predicted octanol–water partition coefficient (Wildman–Crippen LogP) is 3.59. The zero-order valence-electron chi connectivity index (χ0n) is 11.0. The lowest BCUT2D eigenvalue weighted by molar-refractivity contribution is 0.350. The Morgan fingerprint density at radius 3 is 2.84 bits per heavy atom. The van der Waals surface area contributed by atoms with E-state index in [9.17, 15) is 4.39 Å². The van der Waals surface area contributed by atoms with Crippen molar-refractivity contribution in [2.75, 3.05) is 12.4 Å².